The maximum absolute atomic E-state index is 11.5. The van der Waals surface area contributed by atoms with Crippen LogP contribution in [-0.4, -0.2) is 28.6 Å². The predicted molar refractivity (Wildman–Crippen MR) is 48.5 cm³/mol. The molecule has 0 aromatic rings. The van der Waals surface area contributed by atoms with Gasteiger partial charge in [-0.1, -0.05) is 0 Å². The lowest BCUT2D eigenvalue weighted by Gasteiger charge is -2.21. The quantitative estimate of drug-likeness (QED) is 0.362. The first-order valence-corrected chi connectivity index (χ1v) is 4.17. The fraction of sp³-hybridized carbons (Fsp3) is 0.556. The molecular weight excluding hydrogens is 170 g/mol. The molecule has 0 spiro atoms. The highest BCUT2D eigenvalue weighted by molar-refractivity contribution is 5.86. The maximum Gasteiger partial charge on any atom is 0.384 e. The number of hydroxylamine groups is 1. The molecule has 0 saturated carbocycles. The average molecular weight is 183 g/mol. The van der Waals surface area contributed by atoms with Crippen molar-refractivity contribution >= 4 is 12.2 Å². The van der Waals surface area contributed by atoms with Crippen molar-refractivity contribution in [2.45, 2.75) is 32.4 Å². The second-order valence-electron chi connectivity index (χ2n) is 3.44. The molecule has 0 amide bonds. The van der Waals surface area contributed by atoms with Crippen LogP contribution in [0.1, 0.15) is 20.8 Å². The van der Waals surface area contributed by atoms with E-state index in [0.717, 1.165) is 0 Å². The van der Waals surface area contributed by atoms with Crippen molar-refractivity contribution in [3.8, 4) is 0 Å². The smallest absolute Gasteiger partial charge is 0.384 e. The van der Waals surface area contributed by atoms with Crippen molar-refractivity contribution < 1.29 is 14.3 Å². The Labute approximate surface area is 77.1 Å². The molecule has 0 aromatic heterocycles. The van der Waals surface area contributed by atoms with Crippen molar-refractivity contribution in [1.82, 2.24) is 0 Å². The lowest BCUT2D eigenvalue weighted by molar-refractivity contribution is -0.507. The zero-order valence-electron chi connectivity index (χ0n) is 7.98. The Balaban J connectivity index is 2.77. The van der Waals surface area contributed by atoms with E-state index in [-0.39, 0.29) is 6.10 Å². The number of allylic oxidation sites excluding steroid dienone is 1. The molecule has 0 aromatic carbocycles. The Morgan fingerprint density at radius 1 is 1.62 bits per heavy atom. The topological polar surface area (TPSA) is 52.4 Å². The van der Waals surface area contributed by atoms with Gasteiger partial charge in [-0.2, -0.15) is 4.74 Å². The SMILES string of the molecule is CC(C)OC(=O)C1(C)C=CC=[N+]1[O-]. The van der Waals surface area contributed by atoms with Crippen molar-refractivity contribution in [2.75, 3.05) is 0 Å². The van der Waals surface area contributed by atoms with E-state index in [2.05, 4.69) is 0 Å². The molecule has 0 radical (unpaired) electrons. The molecule has 0 bridgehead atoms. The summed E-state index contributed by atoms with van der Waals surface area (Å²) in [5.74, 6) is -0.512. The highest BCUT2D eigenvalue weighted by Gasteiger charge is 2.43. The molecule has 4 heteroatoms. The van der Waals surface area contributed by atoms with E-state index in [9.17, 15) is 10.0 Å². The van der Waals surface area contributed by atoms with Crippen molar-refractivity contribution in [3.63, 3.8) is 0 Å². The second kappa shape index (κ2) is 3.20. The van der Waals surface area contributed by atoms with Gasteiger partial charge in [0.15, 0.2) is 6.21 Å². The van der Waals surface area contributed by atoms with E-state index < -0.39 is 11.5 Å². The Bertz CT molecular complexity index is 281. The van der Waals surface area contributed by atoms with E-state index in [1.165, 1.54) is 19.2 Å². The van der Waals surface area contributed by atoms with Crippen molar-refractivity contribution in [1.29, 1.82) is 0 Å². The standard InChI is InChI=1S/C9H13NO3/c1-7(2)13-8(11)9(3)5-4-6-10(9)12/h4-7H,1-3H3. The Morgan fingerprint density at radius 3 is 2.62 bits per heavy atom. The molecule has 0 fully saturated rings. The van der Waals surface area contributed by atoms with Crippen LogP contribution in [0.5, 0.6) is 0 Å². The lowest BCUT2D eigenvalue weighted by Crippen LogP contribution is -2.43. The molecule has 72 valence electrons. The van der Waals surface area contributed by atoms with Crippen LogP contribution in [0.15, 0.2) is 12.2 Å². The maximum atomic E-state index is 11.5. The van der Waals surface area contributed by atoms with Crippen LogP contribution in [0.25, 0.3) is 0 Å². The predicted octanol–water partition coefficient (Wildman–Crippen LogP) is 0.848. The van der Waals surface area contributed by atoms with Gasteiger partial charge in [-0.3, -0.25) is 0 Å². The third-order valence-electron chi connectivity index (χ3n) is 1.86. The molecule has 0 aliphatic carbocycles. The van der Waals surface area contributed by atoms with Crippen LogP contribution >= 0.6 is 0 Å². The molecule has 1 heterocycles. The minimum Gasteiger partial charge on any atom is -0.623 e. The molecule has 1 aliphatic rings. The molecule has 4 nitrogen and oxygen atoms in total. The van der Waals surface area contributed by atoms with Gasteiger partial charge in [-0.25, -0.2) is 4.79 Å². The number of carbonyl (C=O) groups is 1. The molecular formula is C9H13NO3. The van der Waals surface area contributed by atoms with Gasteiger partial charge >= 0.3 is 5.97 Å². The first-order valence-electron chi connectivity index (χ1n) is 4.17. The highest BCUT2D eigenvalue weighted by atomic mass is 16.6. The van der Waals surface area contributed by atoms with Gasteiger partial charge in [0, 0.05) is 19.1 Å². The van der Waals surface area contributed by atoms with Crippen molar-refractivity contribution in [2.24, 2.45) is 0 Å². The summed E-state index contributed by atoms with van der Waals surface area (Å²) in [6, 6.07) is 0. The number of esters is 1. The summed E-state index contributed by atoms with van der Waals surface area (Å²) in [6.07, 6.45) is 4.19. The van der Waals surface area contributed by atoms with E-state index >= 15 is 0 Å². The van der Waals surface area contributed by atoms with Gasteiger partial charge in [0.25, 0.3) is 5.54 Å². The fourth-order valence-corrected chi connectivity index (χ4v) is 1.03. The lowest BCUT2D eigenvalue weighted by atomic mass is 10.1. The van der Waals surface area contributed by atoms with Gasteiger partial charge < -0.3 is 9.94 Å². The number of nitrogens with zero attached hydrogens (tertiary/aromatic N) is 1. The van der Waals surface area contributed by atoms with Crippen LogP contribution in [0.2, 0.25) is 0 Å². The first-order chi connectivity index (χ1) is 5.97. The van der Waals surface area contributed by atoms with E-state index in [0.29, 0.717) is 4.74 Å². The monoisotopic (exact) mass is 183 g/mol. The van der Waals surface area contributed by atoms with E-state index in [4.69, 9.17) is 4.74 Å². The molecule has 13 heavy (non-hydrogen) atoms. The second-order valence-corrected chi connectivity index (χ2v) is 3.44. The van der Waals surface area contributed by atoms with Gasteiger partial charge in [0.2, 0.25) is 0 Å². The minimum atomic E-state index is -1.18. The summed E-state index contributed by atoms with van der Waals surface area (Å²) in [5.41, 5.74) is -1.18. The number of hydrogen-bond acceptors (Lipinski definition) is 3. The Morgan fingerprint density at radius 2 is 2.23 bits per heavy atom. The largest absolute Gasteiger partial charge is 0.623 e. The zero-order chi connectivity index (χ0) is 10.1. The average Bonchev–Trinajstić information content (AvgIpc) is 2.32. The van der Waals surface area contributed by atoms with Gasteiger partial charge in [-0.15, -0.1) is 0 Å². The number of carbonyl (C=O) groups excluding carboxylic acids is 1. The summed E-state index contributed by atoms with van der Waals surface area (Å²) in [7, 11) is 0. The number of rotatable bonds is 2. The summed E-state index contributed by atoms with van der Waals surface area (Å²) in [6.45, 7) is 5.03. The number of ether oxygens (including phenoxy) is 1. The van der Waals surface area contributed by atoms with E-state index in [1.54, 1.807) is 19.9 Å². The Kier molecular flexibility index (Phi) is 2.40. The highest BCUT2D eigenvalue weighted by Crippen LogP contribution is 2.17. The van der Waals surface area contributed by atoms with Crippen LogP contribution < -0.4 is 0 Å². The van der Waals surface area contributed by atoms with Gasteiger partial charge in [0.05, 0.1) is 6.10 Å². The molecule has 1 rings (SSSR count). The van der Waals surface area contributed by atoms with Crippen LogP contribution in [0.4, 0.5) is 0 Å². The van der Waals surface area contributed by atoms with Gasteiger partial charge in [-0.05, 0) is 13.8 Å². The Hall–Kier alpha value is -1.32. The summed E-state index contributed by atoms with van der Waals surface area (Å²) in [5, 5.41) is 11.2. The van der Waals surface area contributed by atoms with E-state index in [1.807, 2.05) is 0 Å². The molecule has 1 unspecified atom stereocenters. The summed E-state index contributed by atoms with van der Waals surface area (Å²) in [4.78, 5) is 11.5. The zero-order valence-corrected chi connectivity index (χ0v) is 7.98. The third-order valence-corrected chi connectivity index (χ3v) is 1.86. The van der Waals surface area contributed by atoms with Crippen LogP contribution in [0.3, 0.4) is 0 Å². The third kappa shape index (κ3) is 1.71. The molecule has 0 saturated heterocycles. The molecule has 1 aliphatic heterocycles. The normalized spacial score (nSPS) is 26.3. The number of hydrogen-bond donors (Lipinski definition) is 0. The van der Waals surface area contributed by atoms with Crippen molar-refractivity contribution in [3.05, 3.63) is 17.4 Å². The summed E-state index contributed by atoms with van der Waals surface area (Å²) < 4.78 is 5.55. The first kappa shape index (κ1) is 9.77. The molecule has 1 atom stereocenters. The van der Waals surface area contributed by atoms with Gasteiger partial charge in [0.1, 0.15) is 0 Å². The van der Waals surface area contributed by atoms with Crippen LogP contribution in [-0.2, 0) is 9.53 Å². The fourth-order valence-electron chi connectivity index (χ4n) is 1.03. The minimum absolute atomic E-state index is 0.202. The molecule has 0 N–H and O–H groups in total. The summed E-state index contributed by atoms with van der Waals surface area (Å²) >= 11 is 0. The van der Waals surface area contributed by atoms with Crippen LogP contribution in [0, 0.1) is 5.21 Å².